The molecule has 1 amide bonds. The van der Waals surface area contributed by atoms with E-state index < -0.39 is 12.0 Å². The van der Waals surface area contributed by atoms with Gasteiger partial charge in [-0.3, -0.25) is 9.59 Å². The number of carboxylic acids is 1. The molecule has 1 fully saturated rings. The number of aryl methyl sites for hydroxylation is 1. The van der Waals surface area contributed by atoms with Crippen molar-refractivity contribution in [3.05, 3.63) is 29.3 Å². The van der Waals surface area contributed by atoms with Crippen LogP contribution in [-0.2, 0) is 16.0 Å². The molecule has 0 radical (unpaired) electrons. The van der Waals surface area contributed by atoms with E-state index in [0.29, 0.717) is 25.9 Å². The number of carboxylic acid groups (broad SMARTS) is 1. The number of hydrogen-bond donors (Lipinski definition) is 2. The quantitative estimate of drug-likeness (QED) is 0.882. The molecule has 3 rings (SSSR count). The van der Waals surface area contributed by atoms with E-state index >= 15 is 0 Å². The molecule has 6 nitrogen and oxygen atoms in total. The average molecular weight is 319 g/mol. The van der Waals surface area contributed by atoms with Crippen molar-refractivity contribution in [1.82, 2.24) is 15.2 Å². The molecule has 1 aliphatic heterocycles. The summed E-state index contributed by atoms with van der Waals surface area (Å²) in [5, 5.41) is 12.9. The van der Waals surface area contributed by atoms with Crippen LogP contribution < -0.4 is 5.32 Å². The van der Waals surface area contributed by atoms with Crippen LogP contribution in [0.25, 0.3) is 10.2 Å². The van der Waals surface area contributed by atoms with Crippen LogP contribution in [0.5, 0.6) is 0 Å². The zero-order chi connectivity index (χ0) is 15.5. The van der Waals surface area contributed by atoms with Crippen LogP contribution >= 0.6 is 11.3 Å². The van der Waals surface area contributed by atoms with Crippen molar-refractivity contribution in [1.29, 1.82) is 0 Å². The minimum atomic E-state index is -0.913. The van der Waals surface area contributed by atoms with Crippen molar-refractivity contribution in [3.8, 4) is 0 Å². The smallest absolute Gasteiger partial charge is 0.322 e. The minimum absolute atomic E-state index is 0.00740. The SMILES string of the molecule is O=C(O)C1CN(C(=O)CCc2nc3ccccc3s2)CCN1. The van der Waals surface area contributed by atoms with Gasteiger partial charge < -0.3 is 15.3 Å². The van der Waals surface area contributed by atoms with Crippen molar-refractivity contribution < 1.29 is 14.7 Å². The molecule has 2 heterocycles. The molecule has 0 aliphatic carbocycles. The number of nitrogens with zero attached hydrogens (tertiary/aromatic N) is 2. The number of aliphatic carboxylic acids is 1. The van der Waals surface area contributed by atoms with Gasteiger partial charge in [0.05, 0.1) is 15.2 Å². The highest BCUT2D eigenvalue weighted by molar-refractivity contribution is 7.18. The Labute approximate surface area is 131 Å². The molecular weight excluding hydrogens is 302 g/mol. The first-order valence-corrected chi connectivity index (χ1v) is 8.03. The Morgan fingerprint density at radius 2 is 2.23 bits per heavy atom. The number of carbonyl (C=O) groups excluding carboxylic acids is 1. The number of thiazole rings is 1. The normalized spacial score (nSPS) is 18.5. The molecule has 1 atom stereocenters. The van der Waals surface area contributed by atoms with E-state index in [4.69, 9.17) is 5.11 Å². The number of piperazine rings is 1. The maximum absolute atomic E-state index is 12.2. The van der Waals surface area contributed by atoms with Gasteiger partial charge in [-0.25, -0.2) is 4.98 Å². The van der Waals surface area contributed by atoms with E-state index in [-0.39, 0.29) is 12.5 Å². The Bertz CT molecular complexity index is 667. The topological polar surface area (TPSA) is 82.5 Å². The Morgan fingerprint density at radius 3 is 3.00 bits per heavy atom. The van der Waals surface area contributed by atoms with Crippen LogP contribution in [0.4, 0.5) is 0 Å². The van der Waals surface area contributed by atoms with Crippen molar-refractivity contribution >= 4 is 33.4 Å². The molecule has 1 aromatic heterocycles. The first-order chi connectivity index (χ1) is 10.6. The molecule has 2 aromatic rings. The lowest BCUT2D eigenvalue weighted by molar-refractivity contribution is -0.142. The van der Waals surface area contributed by atoms with Crippen LogP contribution in [0.1, 0.15) is 11.4 Å². The molecule has 1 saturated heterocycles. The van der Waals surface area contributed by atoms with Gasteiger partial charge in [0, 0.05) is 32.5 Å². The number of carbonyl (C=O) groups is 2. The third kappa shape index (κ3) is 3.26. The molecule has 116 valence electrons. The number of aromatic nitrogens is 1. The highest BCUT2D eigenvalue weighted by Gasteiger charge is 2.27. The molecule has 22 heavy (non-hydrogen) atoms. The molecule has 0 bridgehead atoms. The number of rotatable bonds is 4. The van der Waals surface area contributed by atoms with Crippen molar-refractivity contribution in [2.24, 2.45) is 0 Å². The summed E-state index contributed by atoms with van der Waals surface area (Å²) in [4.78, 5) is 29.4. The number of amides is 1. The summed E-state index contributed by atoms with van der Waals surface area (Å²) in [6.07, 6.45) is 0.964. The van der Waals surface area contributed by atoms with E-state index in [1.165, 1.54) is 0 Å². The fourth-order valence-corrected chi connectivity index (χ4v) is 3.51. The standard InChI is InChI=1S/C15H17N3O3S/c19-14(18-8-7-16-11(9-18)15(20)21)6-5-13-17-10-3-1-2-4-12(10)22-13/h1-4,11,16H,5-9H2,(H,20,21). The summed E-state index contributed by atoms with van der Waals surface area (Å²) in [6.45, 7) is 1.31. The minimum Gasteiger partial charge on any atom is -0.480 e. The lowest BCUT2D eigenvalue weighted by atomic mass is 10.2. The number of para-hydroxylation sites is 1. The molecular formula is C15H17N3O3S. The number of hydrogen-bond acceptors (Lipinski definition) is 5. The first kappa shape index (κ1) is 14.9. The summed E-state index contributed by atoms with van der Waals surface area (Å²) in [5.41, 5.74) is 0.961. The van der Waals surface area contributed by atoms with Crippen LogP contribution in [0.2, 0.25) is 0 Å². The van der Waals surface area contributed by atoms with Crippen molar-refractivity contribution in [2.75, 3.05) is 19.6 Å². The Balaban J connectivity index is 1.58. The molecule has 7 heteroatoms. The lowest BCUT2D eigenvalue weighted by Gasteiger charge is -2.31. The van der Waals surface area contributed by atoms with Crippen molar-refractivity contribution in [2.45, 2.75) is 18.9 Å². The molecule has 0 saturated carbocycles. The predicted octanol–water partition coefficient (Wildman–Crippen LogP) is 1.11. The molecule has 0 spiro atoms. The largest absolute Gasteiger partial charge is 0.480 e. The van der Waals surface area contributed by atoms with Gasteiger partial charge in [0.1, 0.15) is 6.04 Å². The van der Waals surface area contributed by atoms with Crippen LogP contribution in [-0.4, -0.2) is 52.5 Å². The summed E-state index contributed by atoms with van der Waals surface area (Å²) < 4.78 is 1.12. The van der Waals surface area contributed by atoms with Crippen molar-refractivity contribution in [3.63, 3.8) is 0 Å². The van der Waals surface area contributed by atoms with Crippen LogP contribution in [0, 0.1) is 0 Å². The molecule has 1 unspecified atom stereocenters. The van der Waals surface area contributed by atoms with Gasteiger partial charge in [0.25, 0.3) is 0 Å². The molecule has 1 aromatic carbocycles. The van der Waals surface area contributed by atoms with E-state index in [0.717, 1.165) is 15.2 Å². The maximum Gasteiger partial charge on any atom is 0.322 e. The van der Waals surface area contributed by atoms with E-state index in [1.54, 1.807) is 16.2 Å². The summed E-state index contributed by atoms with van der Waals surface area (Å²) in [5.74, 6) is -0.921. The Hall–Kier alpha value is -1.99. The average Bonchev–Trinajstić information content (AvgIpc) is 2.95. The Kier molecular flexibility index (Phi) is 4.35. The third-order valence-electron chi connectivity index (χ3n) is 3.72. The van der Waals surface area contributed by atoms with Gasteiger partial charge in [-0.2, -0.15) is 0 Å². The lowest BCUT2D eigenvalue weighted by Crippen LogP contribution is -2.55. The summed E-state index contributed by atoms with van der Waals surface area (Å²) in [7, 11) is 0. The van der Waals surface area contributed by atoms with E-state index in [2.05, 4.69) is 10.3 Å². The fraction of sp³-hybridized carbons (Fsp3) is 0.400. The van der Waals surface area contributed by atoms with Gasteiger partial charge in [0.2, 0.25) is 5.91 Å². The fourth-order valence-electron chi connectivity index (χ4n) is 2.54. The van der Waals surface area contributed by atoms with Gasteiger partial charge in [-0.15, -0.1) is 11.3 Å². The third-order valence-corrected chi connectivity index (χ3v) is 4.81. The second-order valence-corrected chi connectivity index (χ2v) is 6.38. The highest BCUT2D eigenvalue weighted by Crippen LogP contribution is 2.22. The number of nitrogens with one attached hydrogen (secondary N) is 1. The first-order valence-electron chi connectivity index (χ1n) is 7.22. The van der Waals surface area contributed by atoms with Gasteiger partial charge in [-0.05, 0) is 12.1 Å². The van der Waals surface area contributed by atoms with Gasteiger partial charge in [-0.1, -0.05) is 12.1 Å². The summed E-state index contributed by atoms with van der Waals surface area (Å²) in [6, 6.07) is 7.24. The molecule has 2 N–H and O–H groups in total. The highest BCUT2D eigenvalue weighted by atomic mass is 32.1. The zero-order valence-corrected chi connectivity index (χ0v) is 12.8. The predicted molar refractivity (Wildman–Crippen MR) is 83.9 cm³/mol. The van der Waals surface area contributed by atoms with Gasteiger partial charge in [0.15, 0.2) is 0 Å². The Morgan fingerprint density at radius 1 is 1.41 bits per heavy atom. The molecule has 1 aliphatic rings. The second-order valence-electron chi connectivity index (χ2n) is 5.26. The number of fused-ring (bicyclic) bond motifs is 1. The zero-order valence-electron chi connectivity index (χ0n) is 12.0. The van der Waals surface area contributed by atoms with E-state index in [1.807, 2.05) is 24.3 Å². The maximum atomic E-state index is 12.2. The second kappa shape index (κ2) is 6.41. The van der Waals surface area contributed by atoms with E-state index in [9.17, 15) is 9.59 Å². The van der Waals surface area contributed by atoms with Crippen LogP contribution in [0.3, 0.4) is 0 Å². The monoisotopic (exact) mass is 319 g/mol. The summed E-state index contributed by atoms with van der Waals surface area (Å²) >= 11 is 1.60. The van der Waals surface area contributed by atoms with Crippen LogP contribution in [0.15, 0.2) is 24.3 Å². The number of benzene rings is 1. The van der Waals surface area contributed by atoms with Gasteiger partial charge >= 0.3 is 5.97 Å².